The molecule has 0 aliphatic heterocycles. The molecule has 0 unspecified atom stereocenters. The Labute approximate surface area is 96.3 Å². The van der Waals surface area contributed by atoms with Gasteiger partial charge < -0.3 is 9.05 Å². The number of benzene rings is 1. The van der Waals surface area contributed by atoms with Crippen LogP contribution in [0.1, 0.15) is 19.4 Å². The van der Waals surface area contributed by atoms with Crippen molar-refractivity contribution in [1.29, 1.82) is 0 Å². The molecule has 0 N–H and O–H groups in total. The molecule has 0 aromatic heterocycles. The van der Waals surface area contributed by atoms with Crippen molar-refractivity contribution >= 4 is 12.9 Å². The molecule has 0 bridgehead atoms. The fourth-order valence-corrected chi connectivity index (χ4v) is 3.09. The van der Waals surface area contributed by atoms with E-state index >= 15 is 0 Å². The van der Waals surface area contributed by atoms with Gasteiger partial charge in [-0.05, 0) is 26.0 Å². The zero-order chi connectivity index (χ0) is 12.0. The van der Waals surface area contributed by atoms with Gasteiger partial charge in [0.25, 0.3) is 0 Å². The van der Waals surface area contributed by atoms with Crippen LogP contribution in [0.2, 0.25) is 0 Å². The van der Waals surface area contributed by atoms with Crippen LogP contribution in [-0.4, -0.2) is 13.2 Å². The van der Waals surface area contributed by atoms with E-state index in [4.69, 9.17) is 15.5 Å². The predicted molar refractivity (Wildman–Crippen MR) is 64.9 cm³/mol. The minimum atomic E-state index is -3.27. The maximum Gasteiger partial charge on any atom is 0.362 e. The van der Waals surface area contributed by atoms with E-state index in [1.54, 1.807) is 38.1 Å². The maximum atomic E-state index is 12.5. The normalized spacial score (nSPS) is 11.1. The molecule has 0 radical (unpaired) electrons. The van der Waals surface area contributed by atoms with Gasteiger partial charge in [-0.1, -0.05) is 18.1 Å². The Morgan fingerprint density at radius 1 is 1.25 bits per heavy atom. The Morgan fingerprint density at radius 2 is 1.81 bits per heavy atom. The second-order valence-corrected chi connectivity index (χ2v) is 4.99. The highest BCUT2D eigenvalue weighted by Crippen LogP contribution is 2.47. The van der Waals surface area contributed by atoms with Crippen molar-refractivity contribution in [2.45, 2.75) is 13.8 Å². The lowest BCUT2D eigenvalue weighted by Crippen LogP contribution is -2.13. The first kappa shape index (κ1) is 13.0. The standard InChI is InChI=1S/C12H15O3P/c1-4-11-9-7-8-10-12(11)16(13,14-5-2)15-6-3/h1,7-10H,5-6H2,2-3H3. The van der Waals surface area contributed by atoms with E-state index in [0.29, 0.717) is 24.1 Å². The summed E-state index contributed by atoms with van der Waals surface area (Å²) in [5.41, 5.74) is 0.549. The first-order valence-electron chi connectivity index (χ1n) is 5.13. The van der Waals surface area contributed by atoms with Crippen molar-refractivity contribution in [3.8, 4) is 12.3 Å². The Balaban J connectivity index is 3.21. The molecule has 86 valence electrons. The lowest BCUT2D eigenvalue weighted by atomic mass is 10.2. The molecule has 4 heteroatoms. The molecular formula is C12H15O3P. The highest BCUT2D eigenvalue weighted by atomic mass is 31.2. The summed E-state index contributed by atoms with van der Waals surface area (Å²) < 4.78 is 22.9. The van der Waals surface area contributed by atoms with Crippen molar-refractivity contribution < 1.29 is 13.6 Å². The maximum absolute atomic E-state index is 12.5. The Kier molecular flexibility index (Phi) is 4.76. The van der Waals surface area contributed by atoms with E-state index < -0.39 is 7.60 Å². The first-order chi connectivity index (χ1) is 7.68. The number of hydrogen-bond donors (Lipinski definition) is 0. The summed E-state index contributed by atoms with van der Waals surface area (Å²) in [6.07, 6.45) is 5.36. The second-order valence-electron chi connectivity index (χ2n) is 2.99. The average molecular weight is 238 g/mol. The van der Waals surface area contributed by atoms with Crippen LogP contribution in [0.15, 0.2) is 24.3 Å². The van der Waals surface area contributed by atoms with Crippen LogP contribution in [0, 0.1) is 12.3 Å². The Morgan fingerprint density at radius 3 is 2.31 bits per heavy atom. The highest BCUT2D eigenvalue weighted by Gasteiger charge is 2.28. The van der Waals surface area contributed by atoms with Gasteiger partial charge in [0, 0.05) is 5.56 Å². The van der Waals surface area contributed by atoms with Crippen LogP contribution in [0.5, 0.6) is 0 Å². The summed E-state index contributed by atoms with van der Waals surface area (Å²) in [6, 6.07) is 6.96. The SMILES string of the molecule is C#Cc1ccccc1P(=O)(OCC)OCC. The molecule has 16 heavy (non-hydrogen) atoms. The third kappa shape index (κ3) is 2.74. The molecule has 1 aromatic carbocycles. The van der Waals surface area contributed by atoms with Gasteiger partial charge in [0.15, 0.2) is 0 Å². The zero-order valence-corrected chi connectivity index (χ0v) is 10.4. The van der Waals surface area contributed by atoms with Crippen molar-refractivity contribution in [3.05, 3.63) is 29.8 Å². The quantitative estimate of drug-likeness (QED) is 0.584. The van der Waals surface area contributed by atoms with Gasteiger partial charge in [-0.15, -0.1) is 6.42 Å². The highest BCUT2D eigenvalue weighted by molar-refractivity contribution is 7.62. The number of rotatable bonds is 5. The number of hydrogen-bond acceptors (Lipinski definition) is 3. The van der Waals surface area contributed by atoms with Crippen molar-refractivity contribution in [3.63, 3.8) is 0 Å². The monoisotopic (exact) mass is 238 g/mol. The summed E-state index contributed by atoms with van der Waals surface area (Å²) in [4.78, 5) is 0. The molecule has 1 rings (SSSR count). The lowest BCUT2D eigenvalue weighted by molar-refractivity contribution is 0.230. The van der Waals surface area contributed by atoms with Crippen LogP contribution in [-0.2, 0) is 13.6 Å². The van der Waals surface area contributed by atoms with Gasteiger partial charge >= 0.3 is 7.60 Å². The smallest absolute Gasteiger partial charge is 0.305 e. The summed E-state index contributed by atoms with van der Waals surface area (Å²) in [5, 5.41) is 0.459. The molecule has 0 spiro atoms. The Hall–Kier alpha value is -1.07. The molecule has 0 heterocycles. The van der Waals surface area contributed by atoms with Crippen LogP contribution < -0.4 is 5.30 Å². The third-order valence-corrected chi connectivity index (χ3v) is 4.13. The molecule has 3 nitrogen and oxygen atoms in total. The molecular weight excluding hydrogens is 223 g/mol. The van der Waals surface area contributed by atoms with E-state index in [9.17, 15) is 4.57 Å². The fourth-order valence-electron chi connectivity index (χ4n) is 1.35. The van der Waals surface area contributed by atoms with E-state index in [1.807, 2.05) is 0 Å². The van der Waals surface area contributed by atoms with Gasteiger partial charge in [-0.25, -0.2) is 0 Å². The van der Waals surface area contributed by atoms with Gasteiger partial charge in [0.2, 0.25) is 0 Å². The summed E-state index contributed by atoms with van der Waals surface area (Å²) in [5.74, 6) is 2.49. The average Bonchev–Trinajstić information content (AvgIpc) is 2.29. The van der Waals surface area contributed by atoms with Crippen molar-refractivity contribution in [1.82, 2.24) is 0 Å². The van der Waals surface area contributed by atoms with E-state index in [0.717, 1.165) is 0 Å². The number of terminal acetylenes is 1. The molecule has 0 saturated heterocycles. The molecule has 0 aliphatic rings. The van der Waals surface area contributed by atoms with Crippen LogP contribution in [0.25, 0.3) is 0 Å². The lowest BCUT2D eigenvalue weighted by Gasteiger charge is -2.18. The van der Waals surface area contributed by atoms with E-state index in [1.165, 1.54) is 0 Å². The van der Waals surface area contributed by atoms with E-state index in [2.05, 4.69) is 5.92 Å². The summed E-state index contributed by atoms with van der Waals surface area (Å²) in [6.45, 7) is 4.17. The molecule has 0 fully saturated rings. The van der Waals surface area contributed by atoms with Gasteiger partial charge in [-0.2, -0.15) is 0 Å². The minimum Gasteiger partial charge on any atom is -0.305 e. The van der Waals surface area contributed by atoms with Crippen LogP contribution in [0.4, 0.5) is 0 Å². The first-order valence-corrected chi connectivity index (χ1v) is 6.67. The molecule has 1 aromatic rings. The van der Waals surface area contributed by atoms with Crippen molar-refractivity contribution in [2.24, 2.45) is 0 Å². The largest absolute Gasteiger partial charge is 0.362 e. The molecule has 0 amide bonds. The van der Waals surface area contributed by atoms with Gasteiger partial charge in [0.05, 0.1) is 18.5 Å². The predicted octanol–water partition coefficient (Wildman–Crippen LogP) is 2.56. The topological polar surface area (TPSA) is 35.5 Å². The molecule has 0 aliphatic carbocycles. The van der Waals surface area contributed by atoms with Crippen molar-refractivity contribution in [2.75, 3.05) is 13.2 Å². The molecule has 0 atom stereocenters. The second kappa shape index (κ2) is 5.86. The van der Waals surface area contributed by atoms with Crippen LogP contribution in [0.3, 0.4) is 0 Å². The van der Waals surface area contributed by atoms with Gasteiger partial charge in [0.1, 0.15) is 0 Å². The van der Waals surface area contributed by atoms with E-state index in [-0.39, 0.29) is 0 Å². The van der Waals surface area contributed by atoms with Crippen LogP contribution >= 0.6 is 7.60 Å². The Bertz CT molecular complexity index is 424. The third-order valence-electron chi connectivity index (χ3n) is 1.95. The zero-order valence-electron chi connectivity index (χ0n) is 9.47. The minimum absolute atomic E-state index is 0.316. The summed E-state index contributed by atoms with van der Waals surface area (Å²) >= 11 is 0. The fraction of sp³-hybridized carbons (Fsp3) is 0.333. The molecule has 0 saturated carbocycles. The summed E-state index contributed by atoms with van der Waals surface area (Å²) in [7, 11) is -3.27. The van der Waals surface area contributed by atoms with Gasteiger partial charge in [-0.3, -0.25) is 4.57 Å².